The van der Waals surface area contributed by atoms with E-state index in [-0.39, 0.29) is 0 Å². The molecule has 0 aromatic heterocycles. The van der Waals surface area contributed by atoms with Crippen molar-refractivity contribution in [1.29, 1.82) is 0 Å². The molecule has 0 rings (SSSR count). The smallest absolute Gasteiger partial charge is 0.0169 e. The van der Waals surface area contributed by atoms with Gasteiger partial charge in [-0.1, -0.05) is 76.7 Å². The molecule has 16 heavy (non-hydrogen) atoms. The maximum atomic E-state index is 2.34. The predicted octanol–water partition coefficient (Wildman–Crippen LogP) is 6.04. The van der Waals surface area contributed by atoms with Gasteiger partial charge in [0.2, 0.25) is 0 Å². The molecule has 94 valence electrons. The lowest BCUT2D eigenvalue weighted by Crippen LogP contribution is -1.77. The lowest BCUT2D eigenvalue weighted by molar-refractivity contribution is 0.611. The van der Waals surface area contributed by atoms with Gasteiger partial charge in [-0.2, -0.15) is 0 Å². The summed E-state index contributed by atoms with van der Waals surface area (Å²) in [4.78, 5) is 0. The Morgan fingerprint density at radius 2 is 1.19 bits per heavy atom. The number of hydrogen-bond acceptors (Lipinski definition) is 0. The van der Waals surface area contributed by atoms with Gasteiger partial charge in [-0.3, -0.25) is 0 Å². The third-order valence-corrected chi connectivity index (χ3v) is 2.79. The van der Waals surface area contributed by atoms with Gasteiger partial charge in [0.1, 0.15) is 0 Å². The molecule has 0 heteroatoms. The third kappa shape index (κ3) is 13.5. The molecule has 0 unspecified atom stereocenters. The van der Waals surface area contributed by atoms with Crippen LogP contribution in [0, 0.1) is 0 Å². The zero-order valence-electron chi connectivity index (χ0n) is 11.4. The van der Waals surface area contributed by atoms with Crippen molar-refractivity contribution in [1.82, 2.24) is 0 Å². The molecule has 0 nitrogen and oxygen atoms in total. The molecular weight excluding hydrogens is 192 g/mol. The summed E-state index contributed by atoms with van der Waals surface area (Å²) in [5, 5.41) is 0. The maximum absolute atomic E-state index is 2.34. The van der Waals surface area contributed by atoms with Crippen LogP contribution in [0.3, 0.4) is 0 Å². The van der Waals surface area contributed by atoms with Crippen molar-refractivity contribution in [2.24, 2.45) is 0 Å². The molecule has 0 radical (unpaired) electrons. The predicted molar refractivity (Wildman–Crippen MR) is 75.8 cm³/mol. The second kappa shape index (κ2) is 14.5. The standard InChI is InChI=1S/C16H30/c1-3-5-7-9-11-13-15-16-14-12-10-8-6-4-2/h7,9,13,15H,3-6,8,10-12,14,16H2,1-2H3/b9-7-,15-13-. The Hall–Kier alpha value is -0.520. The number of unbranched alkanes of at least 4 members (excludes halogenated alkanes) is 7. The highest BCUT2D eigenvalue weighted by Crippen LogP contribution is 2.07. The zero-order valence-corrected chi connectivity index (χ0v) is 11.4. The first kappa shape index (κ1) is 15.5. The monoisotopic (exact) mass is 222 g/mol. The van der Waals surface area contributed by atoms with Crippen LogP contribution in [0.15, 0.2) is 24.3 Å². The molecular formula is C16H30. The minimum atomic E-state index is 1.12. The van der Waals surface area contributed by atoms with Crippen LogP contribution in [-0.4, -0.2) is 0 Å². The first-order valence-corrected chi connectivity index (χ1v) is 7.21. The minimum absolute atomic E-state index is 1.12. The van der Waals surface area contributed by atoms with E-state index < -0.39 is 0 Å². The Balaban J connectivity index is 3.09. The third-order valence-electron chi connectivity index (χ3n) is 2.79. The highest BCUT2D eigenvalue weighted by molar-refractivity contribution is 4.92. The van der Waals surface area contributed by atoms with Crippen LogP contribution in [0.2, 0.25) is 0 Å². The molecule has 0 fully saturated rings. The molecule has 0 aromatic carbocycles. The van der Waals surface area contributed by atoms with E-state index in [1.54, 1.807) is 0 Å². The summed E-state index contributed by atoms with van der Waals surface area (Å²) in [7, 11) is 0. The Morgan fingerprint density at radius 1 is 0.562 bits per heavy atom. The van der Waals surface area contributed by atoms with Crippen LogP contribution in [0.1, 0.15) is 78.1 Å². The van der Waals surface area contributed by atoms with Crippen LogP contribution < -0.4 is 0 Å². The molecule has 0 bridgehead atoms. The molecule has 0 N–H and O–H groups in total. The van der Waals surface area contributed by atoms with Crippen LogP contribution in [0.25, 0.3) is 0 Å². The number of hydrogen-bond donors (Lipinski definition) is 0. The quantitative estimate of drug-likeness (QED) is 0.295. The summed E-state index contributed by atoms with van der Waals surface area (Å²) >= 11 is 0. The van der Waals surface area contributed by atoms with Gasteiger partial charge in [-0.25, -0.2) is 0 Å². The van der Waals surface area contributed by atoms with Crippen molar-refractivity contribution in [3.63, 3.8) is 0 Å². The van der Waals surface area contributed by atoms with Crippen molar-refractivity contribution in [3.8, 4) is 0 Å². The van der Waals surface area contributed by atoms with Crippen molar-refractivity contribution < 1.29 is 0 Å². The van der Waals surface area contributed by atoms with Crippen molar-refractivity contribution >= 4 is 0 Å². The van der Waals surface area contributed by atoms with E-state index in [1.807, 2.05) is 0 Å². The molecule has 0 aromatic rings. The van der Waals surface area contributed by atoms with Gasteiger partial charge in [-0.05, 0) is 25.7 Å². The van der Waals surface area contributed by atoms with Gasteiger partial charge in [0.15, 0.2) is 0 Å². The molecule has 0 saturated carbocycles. The fourth-order valence-corrected chi connectivity index (χ4v) is 1.72. The summed E-state index contributed by atoms with van der Waals surface area (Å²) in [6.45, 7) is 4.49. The van der Waals surface area contributed by atoms with Crippen LogP contribution in [-0.2, 0) is 0 Å². The minimum Gasteiger partial charge on any atom is -0.0882 e. The highest BCUT2D eigenvalue weighted by Gasteiger charge is 1.87. The molecule has 0 aliphatic rings. The average Bonchev–Trinajstić information content (AvgIpc) is 2.31. The lowest BCUT2D eigenvalue weighted by Gasteiger charge is -1.97. The Morgan fingerprint density at radius 3 is 1.88 bits per heavy atom. The second-order valence-electron chi connectivity index (χ2n) is 4.52. The average molecular weight is 222 g/mol. The number of rotatable bonds is 11. The summed E-state index contributed by atoms with van der Waals surface area (Å²) < 4.78 is 0. The summed E-state index contributed by atoms with van der Waals surface area (Å²) in [5.74, 6) is 0. The summed E-state index contributed by atoms with van der Waals surface area (Å²) in [5.41, 5.74) is 0. The van der Waals surface area contributed by atoms with E-state index in [9.17, 15) is 0 Å². The van der Waals surface area contributed by atoms with Gasteiger partial charge < -0.3 is 0 Å². The van der Waals surface area contributed by atoms with Crippen molar-refractivity contribution in [2.75, 3.05) is 0 Å². The second-order valence-corrected chi connectivity index (χ2v) is 4.52. The highest BCUT2D eigenvalue weighted by atomic mass is 13.9. The van der Waals surface area contributed by atoms with Gasteiger partial charge in [0.25, 0.3) is 0 Å². The Kier molecular flexibility index (Phi) is 14.0. The molecule has 0 aliphatic carbocycles. The van der Waals surface area contributed by atoms with Crippen LogP contribution >= 0.6 is 0 Å². The van der Waals surface area contributed by atoms with E-state index >= 15 is 0 Å². The van der Waals surface area contributed by atoms with Gasteiger partial charge in [0, 0.05) is 0 Å². The van der Waals surface area contributed by atoms with E-state index in [1.165, 1.54) is 57.8 Å². The largest absolute Gasteiger partial charge is 0.0882 e. The SMILES string of the molecule is CCC/C=C\C/C=C\CCCCCCCC. The molecule has 0 atom stereocenters. The van der Waals surface area contributed by atoms with Gasteiger partial charge in [0.05, 0.1) is 0 Å². The first-order chi connectivity index (χ1) is 7.91. The van der Waals surface area contributed by atoms with Crippen molar-refractivity contribution in [3.05, 3.63) is 24.3 Å². The topological polar surface area (TPSA) is 0 Å². The van der Waals surface area contributed by atoms with E-state index in [2.05, 4.69) is 38.2 Å². The fraction of sp³-hybridized carbons (Fsp3) is 0.750. The van der Waals surface area contributed by atoms with Gasteiger partial charge in [-0.15, -0.1) is 0 Å². The number of allylic oxidation sites excluding steroid dienone is 4. The Bertz CT molecular complexity index is 165. The van der Waals surface area contributed by atoms with Gasteiger partial charge >= 0.3 is 0 Å². The molecule has 0 amide bonds. The molecule has 0 heterocycles. The first-order valence-electron chi connectivity index (χ1n) is 7.21. The van der Waals surface area contributed by atoms with Crippen molar-refractivity contribution in [2.45, 2.75) is 78.1 Å². The molecule has 0 saturated heterocycles. The van der Waals surface area contributed by atoms with Crippen LogP contribution in [0.5, 0.6) is 0 Å². The van der Waals surface area contributed by atoms with E-state index in [0.717, 1.165) is 6.42 Å². The lowest BCUT2D eigenvalue weighted by atomic mass is 10.1. The normalized spacial score (nSPS) is 11.9. The summed E-state index contributed by atoms with van der Waals surface area (Å²) in [6, 6.07) is 0. The van der Waals surface area contributed by atoms with E-state index in [0.29, 0.717) is 0 Å². The zero-order chi connectivity index (χ0) is 11.9. The van der Waals surface area contributed by atoms with E-state index in [4.69, 9.17) is 0 Å². The van der Waals surface area contributed by atoms with Crippen LogP contribution in [0.4, 0.5) is 0 Å². The molecule has 0 aliphatic heterocycles. The molecule has 0 spiro atoms. The summed E-state index contributed by atoms with van der Waals surface area (Å²) in [6.07, 6.45) is 22.5. The fourth-order valence-electron chi connectivity index (χ4n) is 1.72. The maximum Gasteiger partial charge on any atom is -0.0169 e. The Labute approximate surface area is 103 Å².